The number of esters is 1. The lowest BCUT2D eigenvalue weighted by Crippen LogP contribution is -2.28. The van der Waals surface area contributed by atoms with Crippen molar-refractivity contribution < 1.29 is 24.2 Å². The molecule has 0 radical (unpaired) electrons. The van der Waals surface area contributed by atoms with E-state index in [0.717, 1.165) is 57.8 Å². The molecule has 0 aliphatic rings. The molecule has 0 fully saturated rings. The van der Waals surface area contributed by atoms with E-state index in [1.165, 1.54) is 141 Å². The Morgan fingerprint density at radius 3 is 1.48 bits per heavy atom. The van der Waals surface area contributed by atoms with Crippen molar-refractivity contribution in [3.8, 4) is 0 Å². The standard InChI is InChI=1S/C44H81NO5/c1-3-5-7-9-11-13-14-15-16-17-18-19-20-21-22-23-25-27-29-35-39-44(49)50-41(36-32-28-26-24-12-10-8-6-4-2)37-33-30-31-34-38-42(46)45-40-43(47)48/h24,26,32,36,41H,3-23,25,27-31,33-35,37-40H2,1-2H3,(H,45,46)(H,47,48)/b26-24-,36-32-. The number of hydrogen-bond acceptors (Lipinski definition) is 4. The molecule has 0 spiro atoms. The minimum Gasteiger partial charge on any atom is -0.480 e. The molecule has 0 heterocycles. The molecule has 1 unspecified atom stereocenters. The number of aliphatic carboxylic acids is 1. The zero-order chi connectivity index (χ0) is 36.6. The third-order valence-corrected chi connectivity index (χ3v) is 9.61. The molecule has 0 saturated carbocycles. The number of hydrogen-bond donors (Lipinski definition) is 2. The van der Waals surface area contributed by atoms with Gasteiger partial charge in [-0.15, -0.1) is 0 Å². The van der Waals surface area contributed by atoms with E-state index in [1.54, 1.807) is 0 Å². The summed E-state index contributed by atoms with van der Waals surface area (Å²) in [6.07, 6.45) is 47.6. The van der Waals surface area contributed by atoms with Crippen LogP contribution in [0.15, 0.2) is 24.3 Å². The van der Waals surface area contributed by atoms with Crippen molar-refractivity contribution in [1.29, 1.82) is 0 Å². The number of unbranched alkanes of at least 4 members (excludes halogenated alkanes) is 26. The van der Waals surface area contributed by atoms with Crippen LogP contribution in [0, 0.1) is 0 Å². The van der Waals surface area contributed by atoms with E-state index in [0.29, 0.717) is 12.8 Å². The fraction of sp³-hybridized carbons (Fsp3) is 0.841. The Balaban J connectivity index is 4.02. The molecule has 0 bridgehead atoms. The molecular formula is C44H81NO5. The van der Waals surface area contributed by atoms with Gasteiger partial charge in [0, 0.05) is 12.8 Å². The van der Waals surface area contributed by atoms with Gasteiger partial charge in [0.1, 0.15) is 12.6 Å². The Labute approximate surface area is 309 Å². The topological polar surface area (TPSA) is 92.7 Å². The second-order valence-corrected chi connectivity index (χ2v) is 14.6. The first kappa shape index (κ1) is 47.9. The Hall–Kier alpha value is -2.11. The fourth-order valence-corrected chi connectivity index (χ4v) is 6.41. The number of allylic oxidation sites excluding steroid dienone is 3. The quantitative estimate of drug-likeness (QED) is 0.0378. The minimum atomic E-state index is -1.03. The van der Waals surface area contributed by atoms with Crippen LogP contribution >= 0.6 is 0 Å². The van der Waals surface area contributed by atoms with Gasteiger partial charge in [-0.25, -0.2) is 0 Å². The Bertz CT molecular complexity index is 823. The highest BCUT2D eigenvalue weighted by Crippen LogP contribution is 2.17. The van der Waals surface area contributed by atoms with Gasteiger partial charge in [-0.05, 0) is 51.0 Å². The number of carbonyl (C=O) groups is 3. The number of ether oxygens (including phenoxy) is 1. The normalized spacial score (nSPS) is 12.2. The average Bonchev–Trinajstić information content (AvgIpc) is 3.10. The van der Waals surface area contributed by atoms with Crippen LogP contribution in [0.4, 0.5) is 0 Å². The molecule has 6 nitrogen and oxygen atoms in total. The first-order chi connectivity index (χ1) is 24.5. The van der Waals surface area contributed by atoms with Crippen molar-refractivity contribution in [2.45, 2.75) is 232 Å². The van der Waals surface area contributed by atoms with Gasteiger partial charge in [-0.3, -0.25) is 14.4 Å². The summed E-state index contributed by atoms with van der Waals surface area (Å²) in [6, 6.07) is 0. The first-order valence-corrected chi connectivity index (χ1v) is 21.5. The third-order valence-electron chi connectivity index (χ3n) is 9.61. The number of nitrogens with one attached hydrogen (secondary N) is 1. The van der Waals surface area contributed by atoms with Gasteiger partial charge in [-0.1, -0.05) is 186 Å². The molecule has 1 atom stereocenters. The van der Waals surface area contributed by atoms with Gasteiger partial charge >= 0.3 is 11.9 Å². The lowest BCUT2D eigenvalue weighted by atomic mass is 10.0. The summed E-state index contributed by atoms with van der Waals surface area (Å²) in [4.78, 5) is 35.0. The average molecular weight is 704 g/mol. The van der Waals surface area contributed by atoms with Gasteiger partial charge in [0.15, 0.2) is 0 Å². The molecule has 0 aromatic carbocycles. The zero-order valence-electron chi connectivity index (χ0n) is 33.0. The molecule has 0 aromatic heterocycles. The van der Waals surface area contributed by atoms with Crippen molar-refractivity contribution in [1.82, 2.24) is 5.32 Å². The molecule has 0 rings (SSSR count). The van der Waals surface area contributed by atoms with Crippen molar-refractivity contribution in [2.24, 2.45) is 0 Å². The summed E-state index contributed by atoms with van der Waals surface area (Å²) in [6.45, 7) is 4.19. The highest BCUT2D eigenvalue weighted by atomic mass is 16.5. The van der Waals surface area contributed by atoms with E-state index < -0.39 is 5.97 Å². The maximum atomic E-state index is 12.7. The maximum Gasteiger partial charge on any atom is 0.322 e. The summed E-state index contributed by atoms with van der Waals surface area (Å²) in [7, 11) is 0. The summed E-state index contributed by atoms with van der Waals surface area (Å²) in [5, 5.41) is 11.1. The van der Waals surface area contributed by atoms with Crippen LogP contribution in [-0.2, 0) is 19.1 Å². The van der Waals surface area contributed by atoms with Crippen molar-refractivity contribution in [3.63, 3.8) is 0 Å². The molecule has 0 saturated heterocycles. The number of carbonyl (C=O) groups excluding carboxylic acids is 2. The van der Waals surface area contributed by atoms with Crippen molar-refractivity contribution >= 4 is 17.8 Å². The van der Waals surface area contributed by atoms with Crippen LogP contribution in [0.2, 0.25) is 0 Å². The molecule has 0 aromatic rings. The van der Waals surface area contributed by atoms with E-state index >= 15 is 0 Å². The summed E-state index contributed by atoms with van der Waals surface area (Å²) < 4.78 is 5.89. The van der Waals surface area contributed by atoms with Gasteiger partial charge in [0.2, 0.25) is 5.91 Å². The zero-order valence-corrected chi connectivity index (χ0v) is 33.0. The van der Waals surface area contributed by atoms with Crippen LogP contribution < -0.4 is 5.32 Å². The fourth-order valence-electron chi connectivity index (χ4n) is 6.41. The minimum absolute atomic E-state index is 0.0939. The lowest BCUT2D eigenvalue weighted by Gasteiger charge is -2.14. The third kappa shape index (κ3) is 38.7. The van der Waals surface area contributed by atoms with Crippen LogP contribution in [-0.4, -0.2) is 35.6 Å². The van der Waals surface area contributed by atoms with Gasteiger partial charge in [0.25, 0.3) is 0 Å². The summed E-state index contributed by atoms with van der Waals surface area (Å²) in [5.41, 5.74) is 0. The second-order valence-electron chi connectivity index (χ2n) is 14.6. The highest BCUT2D eigenvalue weighted by Gasteiger charge is 2.12. The molecule has 292 valence electrons. The van der Waals surface area contributed by atoms with Crippen LogP contribution in [0.5, 0.6) is 0 Å². The van der Waals surface area contributed by atoms with E-state index in [1.807, 2.05) is 0 Å². The summed E-state index contributed by atoms with van der Waals surface area (Å²) >= 11 is 0. The van der Waals surface area contributed by atoms with Gasteiger partial charge in [0.05, 0.1) is 0 Å². The largest absolute Gasteiger partial charge is 0.480 e. The number of carboxylic acids is 1. The second kappa shape index (κ2) is 39.7. The predicted molar refractivity (Wildman–Crippen MR) is 213 cm³/mol. The maximum absolute atomic E-state index is 12.7. The Kier molecular flexibility index (Phi) is 38.0. The number of amides is 1. The SMILES string of the molecule is CCCCCC/C=C\C/C=C\C(CCCCCCC(=O)NCC(=O)O)OC(=O)CCCCCCCCCCCCCCCCCCCCCC. The number of rotatable bonds is 39. The van der Waals surface area contributed by atoms with Crippen molar-refractivity contribution in [2.75, 3.05) is 6.54 Å². The van der Waals surface area contributed by atoms with Gasteiger partial charge in [-0.2, -0.15) is 0 Å². The van der Waals surface area contributed by atoms with E-state index in [2.05, 4.69) is 43.5 Å². The molecule has 6 heteroatoms. The smallest absolute Gasteiger partial charge is 0.322 e. The molecule has 0 aliphatic carbocycles. The van der Waals surface area contributed by atoms with Crippen LogP contribution in [0.3, 0.4) is 0 Å². The first-order valence-electron chi connectivity index (χ1n) is 21.5. The Morgan fingerprint density at radius 1 is 0.540 bits per heavy atom. The Morgan fingerprint density at radius 2 is 0.980 bits per heavy atom. The molecule has 50 heavy (non-hydrogen) atoms. The van der Waals surface area contributed by atoms with Crippen LogP contribution in [0.25, 0.3) is 0 Å². The molecule has 0 aliphatic heterocycles. The van der Waals surface area contributed by atoms with Gasteiger partial charge < -0.3 is 15.2 Å². The monoisotopic (exact) mass is 704 g/mol. The van der Waals surface area contributed by atoms with E-state index in [4.69, 9.17) is 9.84 Å². The number of carboxylic acid groups (broad SMARTS) is 1. The lowest BCUT2D eigenvalue weighted by molar-refractivity contribution is -0.147. The molecular weight excluding hydrogens is 622 g/mol. The summed E-state index contributed by atoms with van der Waals surface area (Å²) in [5.74, 6) is -1.34. The molecule has 2 N–H and O–H groups in total. The van der Waals surface area contributed by atoms with E-state index in [9.17, 15) is 14.4 Å². The van der Waals surface area contributed by atoms with Crippen molar-refractivity contribution in [3.05, 3.63) is 24.3 Å². The van der Waals surface area contributed by atoms with E-state index in [-0.39, 0.29) is 24.5 Å². The predicted octanol–water partition coefficient (Wildman–Crippen LogP) is 13.1. The highest BCUT2D eigenvalue weighted by molar-refractivity contribution is 5.80. The molecule has 1 amide bonds. The van der Waals surface area contributed by atoms with Crippen LogP contribution in [0.1, 0.15) is 226 Å².